The van der Waals surface area contributed by atoms with E-state index in [1.165, 1.54) is 88.9 Å². The summed E-state index contributed by atoms with van der Waals surface area (Å²) in [5, 5.41) is 2.49. The molecule has 0 fully saturated rings. The highest BCUT2D eigenvalue weighted by Crippen LogP contribution is 2.51. The number of anilines is 2. The van der Waals surface area contributed by atoms with E-state index in [0.717, 1.165) is 6.42 Å². The molecule has 8 aromatic carbocycles. The Hall–Kier alpha value is -6.96. The Kier molecular flexibility index (Phi) is 9.07. The fourth-order valence-electron chi connectivity index (χ4n) is 9.03. The van der Waals surface area contributed by atoms with Gasteiger partial charge in [-0.1, -0.05) is 196 Å². The van der Waals surface area contributed by atoms with Crippen LogP contribution in [-0.2, 0) is 5.41 Å². The van der Waals surface area contributed by atoms with Gasteiger partial charge in [-0.2, -0.15) is 0 Å². The summed E-state index contributed by atoms with van der Waals surface area (Å²) < 4.78 is 0. The lowest BCUT2D eigenvalue weighted by Crippen LogP contribution is -2.30. The SMILES string of the molecule is CC1(C)c2cc(/C=C/c3ccc(-c4cc5ccccc5cc4-c4ccc(-c5ccccc5)cc4)cc3)ccc2-c2ccc(N(c3ccccc3)C3C=CC=CC3)cc21. The summed E-state index contributed by atoms with van der Waals surface area (Å²) >= 11 is 0. The predicted octanol–water partition coefficient (Wildman–Crippen LogP) is 15.3. The second-order valence-corrected chi connectivity index (χ2v) is 16.1. The van der Waals surface area contributed by atoms with Gasteiger partial charge in [-0.25, -0.2) is 0 Å². The first-order valence-corrected chi connectivity index (χ1v) is 20.4. The van der Waals surface area contributed by atoms with Gasteiger partial charge in [-0.3, -0.25) is 0 Å². The standard InChI is InChI=1S/C57H45N/c1-57(2)55-36-41(26-34-51(55)52-35-33-50(39-56(52)57)58(48-18-8-4-9-19-48)49-20-10-5-11-21-49)23-22-40-24-27-44(28-25-40)53-37-46-16-12-13-17-47(46)38-54(53)45-31-29-43(30-32-45)42-14-6-3-7-15-42/h3-20,22-39,49H,21H2,1-2H3/b23-22+. The van der Waals surface area contributed by atoms with E-state index in [4.69, 9.17) is 0 Å². The summed E-state index contributed by atoms with van der Waals surface area (Å²) in [6.07, 6.45) is 14.4. The monoisotopic (exact) mass is 743 g/mol. The van der Waals surface area contributed by atoms with Gasteiger partial charge in [0, 0.05) is 16.8 Å². The molecule has 278 valence electrons. The van der Waals surface area contributed by atoms with Gasteiger partial charge in [0.2, 0.25) is 0 Å². The number of benzene rings is 8. The molecule has 1 heteroatoms. The summed E-state index contributed by atoms with van der Waals surface area (Å²) in [6, 6.07) is 67.1. The topological polar surface area (TPSA) is 3.24 Å². The van der Waals surface area contributed by atoms with Crippen LogP contribution >= 0.6 is 0 Å². The third-order valence-electron chi connectivity index (χ3n) is 12.2. The maximum absolute atomic E-state index is 2.49. The third-order valence-corrected chi connectivity index (χ3v) is 12.2. The van der Waals surface area contributed by atoms with Crippen molar-refractivity contribution < 1.29 is 0 Å². The van der Waals surface area contributed by atoms with Crippen molar-refractivity contribution >= 4 is 34.3 Å². The average molecular weight is 744 g/mol. The molecule has 2 aliphatic carbocycles. The van der Waals surface area contributed by atoms with Crippen LogP contribution in [0, 0.1) is 0 Å². The minimum Gasteiger partial charge on any atom is -0.334 e. The Morgan fingerprint density at radius 1 is 0.448 bits per heavy atom. The van der Waals surface area contributed by atoms with Crippen molar-refractivity contribution in [2.24, 2.45) is 0 Å². The second-order valence-electron chi connectivity index (χ2n) is 16.1. The van der Waals surface area contributed by atoms with Crippen LogP contribution in [0.25, 0.3) is 67.4 Å². The molecular formula is C57H45N. The van der Waals surface area contributed by atoms with Gasteiger partial charge in [-0.15, -0.1) is 0 Å². The number of fused-ring (bicyclic) bond motifs is 4. The molecule has 1 atom stereocenters. The van der Waals surface area contributed by atoms with E-state index in [1.807, 2.05) is 0 Å². The predicted molar refractivity (Wildman–Crippen MR) is 248 cm³/mol. The summed E-state index contributed by atoms with van der Waals surface area (Å²) in [6.45, 7) is 4.75. The van der Waals surface area contributed by atoms with E-state index < -0.39 is 0 Å². The second kappa shape index (κ2) is 14.8. The van der Waals surface area contributed by atoms with Crippen LogP contribution in [0.15, 0.2) is 206 Å². The van der Waals surface area contributed by atoms with Crippen molar-refractivity contribution in [1.29, 1.82) is 0 Å². The number of para-hydroxylation sites is 1. The Morgan fingerprint density at radius 2 is 0.983 bits per heavy atom. The maximum Gasteiger partial charge on any atom is 0.0559 e. The minimum atomic E-state index is -0.129. The largest absolute Gasteiger partial charge is 0.334 e. The van der Waals surface area contributed by atoms with Crippen molar-refractivity contribution in [3.63, 3.8) is 0 Å². The molecule has 10 rings (SSSR count). The van der Waals surface area contributed by atoms with Gasteiger partial charge >= 0.3 is 0 Å². The first kappa shape index (κ1) is 35.5. The highest BCUT2D eigenvalue weighted by atomic mass is 15.2. The van der Waals surface area contributed by atoms with Crippen LogP contribution < -0.4 is 4.90 Å². The lowest BCUT2D eigenvalue weighted by Gasteiger charge is -2.33. The average Bonchev–Trinajstić information content (AvgIpc) is 3.51. The Labute approximate surface area is 342 Å². The fourth-order valence-corrected chi connectivity index (χ4v) is 9.03. The van der Waals surface area contributed by atoms with Gasteiger partial charge in [0.05, 0.1) is 6.04 Å². The van der Waals surface area contributed by atoms with Gasteiger partial charge in [0.25, 0.3) is 0 Å². The number of hydrogen-bond acceptors (Lipinski definition) is 1. The lowest BCUT2D eigenvalue weighted by atomic mass is 9.81. The smallest absolute Gasteiger partial charge is 0.0559 e. The minimum absolute atomic E-state index is 0.129. The molecule has 2 aliphatic rings. The van der Waals surface area contributed by atoms with Crippen molar-refractivity contribution in [2.45, 2.75) is 31.7 Å². The first-order valence-electron chi connectivity index (χ1n) is 20.4. The number of allylic oxidation sites excluding steroid dienone is 2. The summed E-state index contributed by atoms with van der Waals surface area (Å²) in [5.41, 5.74) is 17.5. The van der Waals surface area contributed by atoms with Gasteiger partial charge in [-0.05, 0) is 120 Å². The molecule has 0 saturated carbocycles. The molecule has 0 amide bonds. The van der Waals surface area contributed by atoms with Crippen LogP contribution in [0.4, 0.5) is 11.4 Å². The first-order chi connectivity index (χ1) is 28.5. The zero-order valence-electron chi connectivity index (χ0n) is 33.0. The molecule has 0 radical (unpaired) electrons. The van der Waals surface area contributed by atoms with Crippen LogP contribution in [-0.4, -0.2) is 6.04 Å². The molecule has 0 N–H and O–H groups in total. The number of hydrogen-bond donors (Lipinski definition) is 0. The molecule has 0 bridgehead atoms. The highest BCUT2D eigenvalue weighted by molar-refractivity contribution is 5.97. The van der Waals surface area contributed by atoms with Gasteiger partial charge in [0.15, 0.2) is 0 Å². The molecule has 0 aliphatic heterocycles. The normalized spacial score (nSPS) is 15.1. The van der Waals surface area contributed by atoms with Crippen molar-refractivity contribution in [1.82, 2.24) is 0 Å². The highest BCUT2D eigenvalue weighted by Gasteiger charge is 2.36. The maximum atomic E-state index is 2.49. The molecular weight excluding hydrogens is 699 g/mol. The van der Waals surface area contributed by atoms with E-state index >= 15 is 0 Å². The Balaban J connectivity index is 0.924. The van der Waals surface area contributed by atoms with E-state index in [0.29, 0.717) is 0 Å². The zero-order chi connectivity index (χ0) is 39.1. The molecule has 58 heavy (non-hydrogen) atoms. The van der Waals surface area contributed by atoms with Crippen LogP contribution in [0.2, 0.25) is 0 Å². The number of nitrogens with zero attached hydrogens (tertiary/aromatic N) is 1. The zero-order valence-corrected chi connectivity index (χ0v) is 33.0. The third kappa shape index (κ3) is 6.59. The molecule has 1 nitrogen and oxygen atoms in total. The van der Waals surface area contributed by atoms with Gasteiger partial charge in [0.1, 0.15) is 0 Å². The summed E-state index contributed by atoms with van der Waals surface area (Å²) in [7, 11) is 0. The molecule has 0 spiro atoms. The van der Waals surface area contributed by atoms with Crippen molar-refractivity contribution in [3.05, 3.63) is 229 Å². The number of rotatable bonds is 8. The molecule has 1 unspecified atom stereocenters. The van der Waals surface area contributed by atoms with E-state index in [2.05, 4.69) is 237 Å². The van der Waals surface area contributed by atoms with E-state index in [1.54, 1.807) is 0 Å². The molecule has 0 aromatic heterocycles. The summed E-state index contributed by atoms with van der Waals surface area (Å²) in [5.74, 6) is 0. The van der Waals surface area contributed by atoms with Crippen LogP contribution in [0.1, 0.15) is 42.5 Å². The molecule has 0 heterocycles. The lowest BCUT2D eigenvalue weighted by molar-refractivity contribution is 0.659. The van der Waals surface area contributed by atoms with Crippen molar-refractivity contribution in [3.8, 4) is 44.5 Å². The van der Waals surface area contributed by atoms with Crippen LogP contribution in [0.3, 0.4) is 0 Å². The van der Waals surface area contributed by atoms with Gasteiger partial charge < -0.3 is 4.90 Å². The van der Waals surface area contributed by atoms with Crippen molar-refractivity contribution in [2.75, 3.05) is 4.90 Å². The Bertz CT molecular complexity index is 2860. The van der Waals surface area contributed by atoms with E-state index in [9.17, 15) is 0 Å². The fraction of sp³-hybridized carbons (Fsp3) is 0.0877. The summed E-state index contributed by atoms with van der Waals surface area (Å²) in [4.78, 5) is 2.49. The molecule has 8 aromatic rings. The molecule has 0 saturated heterocycles. The van der Waals surface area contributed by atoms with E-state index in [-0.39, 0.29) is 11.5 Å². The van der Waals surface area contributed by atoms with Crippen LogP contribution in [0.5, 0.6) is 0 Å². The quantitative estimate of drug-likeness (QED) is 0.140. The Morgan fingerprint density at radius 3 is 1.64 bits per heavy atom.